The molecule has 2 aromatic heterocycles. The molecule has 9 heteroatoms. The minimum atomic E-state index is -0.774. The van der Waals surface area contributed by atoms with Crippen molar-refractivity contribution in [3.05, 3.63) is 41.1 Å². The van der Waals surface area contributed by atoms with Gasteiger partial charge < -0.3 is 9.42 Å². The van der Waals surface area contributed by atoms with Crippen LogP contribution in [0.1, 0.15) is 45.2 Å². The number of fused-ring (bicyclic) bond motifs is 3. The average molecular weight is 415 g/mol. The van der Waals surface area contributed by atoms with Gasteiger partial charge in [0.1, 0.15) is 12.0 Å². The third-order valence-corrected chi connectivity index (χ3v) is 5.38. The first kappa shape index (κ1) is 19.4. The van der Waals surface area contributed by atoms with Gasteiger partial charge in [0.15, 0.2) is 0 Å². The minimum Gasteiger partial charge on any atom is -0.339 e. The first-order chi connectivity index (χ1) is 13.6. The summed E-state index contributed by atoms with van der Waals surface area (Å²) in [4.78, 5) is 25.5. The summed E-state index contributed by atoms with van der Waals surface area (Å²) in [5.74, 6) is 1.05. The van der Waals surface area contributed by atoms with Crippen molar-refractivity contribution >= 4 is 23.3 Å². The summed E-state index contributed by atoms with van der Waals surface area (Å²) in [7, 11) is 3.44. The molecule has 0 bridgehead atoms. The normalized spacial score (nSPS) is 14.7. The lowest BCUT2D eigenvalue weighted by molar-refractivity contribution is 0.215. The van der Waals surface area contributed by atoms with E-state index < -0.39 is 5.54 Å². The molecule has 0 N–H and O–H groups in total. The highest BCUT2D eigenvalue weighted by Crippen LogP contribution is 2.48. The molecule has 29 heavy (non-hydrogen) atoms. The second-order valence-electron chi connectivity index (χ2n) is 8.10. The van der Waals surface area contributed by atoms with Crippen molar-refractivity contribution in [3.63, 3.8) is 0 Å². The van der Waals surface area contributed by atoms with Crippen LogP contribution in [0.3, 0.4) is 0 Å². The van der Waals surface area contributed by atoms with Crippen molar-refractivity contribution in [3.8, 4) is 17.2 Å². The molecule has 3 heterocycles. The fourth-order valence-electron chi connectivity index (χ4n) is 3.69. The van der Waals surface area contributed by atoms with Crippen LogP contribution in [-0.2, 0) is 5.54 Å². The van der Waals surface area contributed by atoms with E-state index in [0.29, 0.717) is 28.1 Å². The Morgan fingerprint density at radius 2 is 2.00 bits per heavy atom. The quantitative estimate of drug-likeness (QED) is 0.619. The maximum atomic E-state index is 13.2. The fourth-order valence-corrected chi connectivity index (χ4v) is 3.94. The maximum absolute atomic E-state index is 13.2. The molecule has 0 spiro atoms. The Labute approximate surface area is 174 Å². The van der Waals surface area contributed by atoms with Gasteiger partial charge in [-0.15, -0.1) is 0 Å². The van der Waals surface area contributed by atoms with Gasteiger partial charge in [0.25, 0.3) is 0 Å². The molecule has 152 valence electrons. The van der Waals surface area contributed by atoms with E-state index >= 15 is 0 Å². The number of hydrogen-bond acceptors (Lipinski definition) is 5. The third-order valence-electron chi connectivity index (χ3n) is 5.08. The Morgan fingerprint density at radius 3 is 2.62 bits per heavy atom. The summed E-state index contributed by atoms with van der Waals surface area (Å²) in [6.07, 6.45) is 1.71. The molecule has 4 rings (SSSR count). The summed E-state index contributed by atoms with van der Waals surface area (Å²) in [6.45, 7) is 7.89. The lowest BCUT2D eigenvalue weighted by Crippen LogP contribution is -2.53. The molecule has 0 aliphatic carbocycles. The van der Waals surface area contributed by atoms with Gasteiger partial charge in [0.2, 0.25) is 11.7 Å². The highest BCUT2D eigenvalue weighted by Gasteiger charge is 2.46. The van der Waals surface area contributed by atoms with Crippen LogP contribution in [0.25, 0.3) is 17.2 Å². The summed E-state index contributed by atoms with van der Waals surface area (Å²) < 4.78 is 7.34. The van der Waals surface area contributed by atoms with E-state index in [9.17, 15) is 4.79 Å². The van der Waals surface area contributed by atoms with E-state index in [4.69, 9.17) is 16.1 Å². The van der Waals surface area contributed by atoms with E-state index in [1.165, 1.54) is 4.90 Å². The summed E-state index contributed by atoms with van der Waals surface area (Å²) in [5.41, 5.74) is 2.01. The van der Waals surface area contributed by atoms with Crippen LogP contribution < -0.4 is 4.90 Å². The monoisotopic (exact) mass is 414 g/mol. The number of para-hydroxylation sites is 1. The number of rotatable bonds is 2. The van der Waals surface area contributed by atoms with Crippen molar-refractivity contribution in [1.82, 2.24) is 24.6 Å². The number of benzene rings is 1. The summed E-state index contributed by atoms with van der Waals surface area (Å²) >= 11 is 6.56. The molecule has 1 aliphatic rings. The number of aromatic nitrogens is 4. The Hall–Kier alpha value is -2.87. The van der Waals surface area contributed by atoms with E-state index in [2.05, 4.69) is 15.1 Å². The predicted molar refractivity (Wildman–Crippen MR) is 111 cm³/mol. The Bertz CT molecular complexity index is 1100. The van der Waals surface area contributed by atoms with Crippen LogP contribution in [0.2, 0.25) is 5.02 Å². The van der Waals surface area contributed by atoms with Gasteiger partial charge in [-0.1, -0.05) is 36.7 Å². The number of anilines is 1. The molecule has 8 nitrogen and oxygen atoms in total. The summed E-state index contributed by atoms with van der Waals surface area (Å²) in [6, 6.07) is 5.37. The second kappa shape index (κ2) is 6.59. The standard InChI is InChI=1S/C20H23ClN6O2/c1-11(2)18-23-17(24-29-18)14-16-20(3,4)27(19(28)25(5)6)15-12(21)8-7-9-13(15)26(16)10-22-14/h7-11H,1-6H3. The minimum absolute atomic E-state index is 0.106. The molecule has 2 amide bonds. The lowest BCUT2D eigenvalue weighted by atomic mass is 9.91. The summed E-state index contributed by atoms with van der Waals surface area (Å²) in [5, 5.41) is 4.62. The van der Waals surface area contributed by atoms with Gasteiger partial charge in [-0.3, -0.25) is 9.47 Å². The molecular formula is C20H23ClN6O2. The van der Waals surface area contributed by atoms with Crippen molar-refractivity contribution in [2.24, 2.45) is 0 Å². The number of imidazole rings is 1. The largest absolute Gasteiger partial charge is 0.339 e. The Balaban J connectivity index is 2.00. The number of hydrogen-bond donors (Lipinski definition) is 0. The number of amides is 2. The van der Waals surface area contributed by atoms with E-state index in [-0.39, 0.29) is 11.9 Å². The van der Waals surface area contributed by atoms with E-state index in [1.54, 1.807) is 31.4 Å². The molecule has 0 atom stereocenters. The zero-order chi connectivity index (χ0) is 21.1. The highest BCUT2D eigenvalue weighted by atomic mass is 35.5. The molecule has 3 aromatic rings. The number of halogens is 1. The molecule has 0 radical (unpaired) electrons. The Morgan fingerprint density at radius 1 is 1.28 bits per heavy atom. The smallest absolute Gasteiger partial charge is 0.324 e. The fraction of sp³-hybridized carbons (Fsp3) is 0.400. The first-order valence-electron chi connectivity index (χ1n) is 9.36. The molecule has 1 aromatic carbocycles. The van der Waals surface area contributed by atoms with Crippen molar-refractivity contribution < 1.29 is 9.32 Å². The first-order valence-corrected chi connectivity index (χ1v) is 9.74. The highest BCUT2D eigenvalue weighted by molar-refractivity contribution is 6.34. The number of carbonyl (C=O) groups is 1. The van der Waals surface area contributed by atoms with Crippen LogP contribution in [0.5, 0.6) is 0 Å². The number of urea groups is 1. The zero-order valence-corrected chi connectivity index (χ0v) is 18.0. The number of nitrogens with zero attached hydrogens (tertiary/aromatic N) is 6. The van der Waals surface area contributed by atoms with Gasteiger partial charge in [-0.2, -0.15) is 4.98 Å². The topological polar surface area (TPSA) is 80.3 Å². The van der Waals surface area contributed by atoms with Gasteiger partial charge >= 0.3 is 6.03 Å². The SMILES string of the molecule is CC(C)c1nc(-c2ncn3c2C(C)(C)N(C(=O)N(C)C)c2c(Cl)cccc2-3)no1. The molecule has 1 aliphatic heterocycles. The van der Waals surface area contributed by atoms with Gasteiger partial charge in [-0.05, 0) is 26.0 Å². The number of carbonyl (C=O) groups excluding carboxylic acids is 1. The van der Waals surface area contributed by atoms with Crippen molar-refractivity contribution in [1.29, 1.82) is 0 Å². The van der Waals surface area contributed by atoms with Crippen molar-refractivity contribution in [2.75, 3.05) is 19.0 Å². The van der Waals surface area contributed by atoms with Crippen LogP contribution >= 0.6 is 11.6 Å². The van der Waals surface area contributed by atoms with E-state index in [1.807, 2.05) is 44.4 Å². The van der Waals surface area contributed by atoms with Crippen LogP contribution in [0, 0.1) is 0 Å². The van der Waals surface area contributed by atoms with Gasteiger partial charge in [-0.25, -0.2) is 9.78 Å². The second-order valence-corrected chi connectivity index (χ2v) is 8.51. The maximum Gasteiger partial charge on any atom is 0.324 e. The van der Waals surface area contributed by atoms with Crippen molar-refractivity contribution in [2.45, 2.75) is 39.2 Å². The van der Waals surface area contributed by atoms with Crippen LogP contribution in [0.4, 0.5) is 10.5 Å². The van der Waals surface area contributed by atoms with E-state index in [0.717, 1.165) is 11.4 Å². The molecule has 0 saturated heterocycles. The Kier molecular flexibility index (Phi) is 4.42. The molecule has 0 fully saturated rings. The molecule has 0 unspecified atom stereocenters. The van der Waals surface area contributed by atoms with Gasteiger partial charge in [0.05, 0.1) is 27.6 Å². The average Bonchev–Trinajstić information content (AvgIpc) is 3.29. The third kappa shape index (κ3) is 2.81. The van der Waals surface area contributed by atoms with Crippen LogP contribution in [-0.4, -0.2) is 44.7 Å². The van der Waals surface area contributed by atoms with Gasteiger partial charge in [0, 0.05) is 20.0 Å². The molecular weight excluding hydrogens is 392 g/mol. The molecule has 0 saturated carbocycles. The zero-order valence-electron chi connectivity index (χ0n) is 17.3. The predicted octanol–water partition coefficient (Wildman–Crippen LogP) is 4.44. The lowest BCUT2D eigenvalue weighted by Gasteiger charge is -2.45. The van der Waals surface area contributed by atoms with Crippen LogP contribution in [0.15, 0.2) is 29.0 Å².